The van der Waals surface area contributed by atoms with Gasteiger partial charge in [0, 0.05) is 22.9 Å². The Balaban J connectivity index is 2.32. The lowest BCUT2D eigenvalue weighted by molar-refractivity contribution is 0.415. The third-order valence-corrected chi connectivity index (χ3v) is 2.97. The van der Waals surface area contributed by atoms with Crippen LogP contribution in [-0.2, 0) is 0 Å². The Kier molecular flexibility index (Phi) is 4.30. The molecule has 98 valence electrons. The topological polar surface area (TPSA) is 41.8 Å². The van der Waals surface area contributed by atoms with Gasteiger partial charge in [-0.1, -0.05) is 29.3 Å². The van der Waals surface area contributed by atoms with E-state index in [1.165, 1.54) is 12.3 Å². The number of nitrogens with zero attached hydrogens (tertiary/aromatic N) is 1. The quantitative estimate of drug-likeness (QED) is 0.850. The molecule has 3 nitrogen and oxygen atoms in total. The lowest BCUT2D eigenvalue weighted by Gasteiger charge is -2.03. The molecule has 2 aromatic carbocycles. The molecule has 0 amide bonds. The summed E-state index contributed by atoms with van der Waals surface area (Å²) >= 11 is 11.7. The van der Waals surface area contributed by atoms with Crippen molar-refractivity contribution >= 4 is 35.1 Å². The maximum atomic E-state index is 9.79. The Morgan fingerprint density at radius 2 is 2.00 bits per heavy atom. The maximum Gasteiger partial charge on any atom is 0.143 e. The summed E-state index contributed by atoms with van der Waals surface area (Å²) in [5, 5.41) is 10.4. The van der Waals surface area contributed by atoms with E-state index in [9.17, 15) is 5.11 Å². The number of halogens is 2. The number of ether oxygens (including phenoxy) is 1. The molecule has 0 saturated carbocycles. The Morgan fingerprint density at radius 1 is 1.21 bits per heavy atom. The first-order valence-corrected chi connectivity index (χ1v) is 6.22. The molecular weight excluding hydrogens is 285 g/mol. The lowest BCUT2D eigenvalue weighted by atomic mass is 10.2. The second kappa shape index (κ2) is 5.95. The Hall–Kier alpha value is -1.71. The first-order chi connectivity index (χ1) is 9.10. The molecule has 0 spiro atoms. The number of rotatable bonds is 3. The number of phenols is 1. The van der Waals surface area contributed by atoms with Crippen LogP contribution in [0.2, 0.25) is 10.0 Å². The first kappa shape index (κ1) is 13.7. The van der Waals surface area contributed by atoms with Gasteiger partial charge in [-0.2, -0.15) is 0 Å². The van der Waals surface area contributed by atoms with E-state index in [0.29, 0.717) is 22.0 Å². The van der Waals surface area contributed by atoms with Crippen LogP contribution in [0.3, 0.4) is 0 Å². The molecule has 5 heteroatoms. The fourth-order valence-corrected chi connectivity index (χ4v) is 2.03. The van der Waals surface area contributed by atoms with Crippen molar-refractivity contribution in [1.29, 1.82) is 0 Å². The van der Waals surface area contributed by atoms with Crippen LogP contribution in [0.15, 0.2) is 41.4 Å². The van der Waals surface area contributed by atoms with Crippen molar-refractivity contribution in [3.05, 3.63) is 52.0 Å². The zero-order valence-electron chi connectivity index (χ0n) is 10.1. The second-order valence-corrected chi connectivity index (χ2v) is 4.63. The Bertz CT molecular complexity index is 627. The fourth-order valence-electron chi connectivity index (χ4n) is 1.52. The van der Waals surface area contributed by atoms with Gasteiger partial charge in [-0.3, -0.25) is 4.99 Å². The highest BCUT2D eigenvalue weighted by Crippen LogP contribution is 2.30. The largest absolute Gasteiger partial charge is 0.506 e. The van der Waals surface area contributed by atoms with Crippen molar-refractivity contribution in [2.45, 2.75) is 0 Å². The third-order valence-electron chi connectivity index (χ3n) is 2.46. The minimum atomic E-state index is -0.0438. The van der Waals surface area contributed by atoms with E-state index in [-0.39, 0.29) is 10.8 Å². The highest BCUT2D eigenvalue weighted by atomic mass is 35.5. The van der Waals surface area contributed by atoms with Gasteiger partial charge in [0.05, 0.1) is 17.8 Å². The highest BCUT2D eigenvalue weighted by molar-refractivity contribution is 6.36. The van der Waals surface area contributed by atoms with Gasteiger partial charge in [-0.15, -0.1) is 0 Å². The number of benzene rings is 2. The number of aromatic hydroxyl groups is 1. The molecular formula is C14H11Cl2NO2. The molecule has 0 aliphatic rings. The molecule has 19 heavy (non-hydrogen) atoms. The third kappa shape index (κ3) is 3.40. The van der Waals surface area contributed by atoms with Gasteiger partial charge in [0.15, 0.2) is 0 Å². The van der Waals surface area contributed by atoms with Crippen molar-refractivity contribution in [3.63, 3.8) is 0 Å². The molecule has 0 heterocycles. The Morgan fingerprint density at radius 3 is 2.74 bits per heavy atom. The zero-order valence-corrected chi connectivity index (χ0v) is 11.6. The predicted molar refractivity (Wildman–Crippen MR) is 78.4 cm³/mol. The number of phenolic OH excluding ortho intramolecular Hbond substituents is 1. The predicted octanol–water partition coefficient (Wildman–Crippen LogP) is 4.46. The fraction of sp³-hybridized carbons (Fsp3) is 0.0714. The second-order valence-electron chi connectivity index (χ2n) is 3.79. The van der Waals surface area contributed by atoms with Crippen LogP contribution < -0.4 is 4.74 Å². The van der Waals surface area contributed by atoms with E-state index in [2.05, 4.69) is 4.99 Å². The van der Waals surface area contributed by atoms with Crippen LogP contribution in [0.25, 0.3) is 0 Å². The lowest BCUT2D eigenvalue weighted by Crippen LogP contribution is -1.84. The van der Waals surface area contributed by atoms with E-state index < -0.39 is 0 Å². The van der Waals surface area contributed by atoms with E-state index in [1.807, 2.05) is 18.2 Å². The highest BCUT2D eigenvalue weighted by Gasteiger charge is 2.05. The summed E-state index contributed by atoms with van der Waals surface area (Å²) in [7, 11) is 1.59. The molecule has 0 atom stereocenters. The van der Waals surface area contributed by atoms with Gasteiger partial charge in [0.2, 0.25) is 0 Å². The average Bonchev–Trinajstić information content (AvgIpc) is 2.41. The molecule has 0 aromatic heterocycles. The minimum Gasteiger partial charge on any atom is -0.506 e. The van der Waals surface area contributed by atoms with Crippen LogP contribution in [0.4, 0.5) is 5.69 Å². The van der Waals surface area contributed by atoms with Gasteiger partial charge >= 0.3 is 0 Å². The molecule has 0 radical (unpaired) electrons. The summed E-state index contributed by atoms with van der Waals surface area (Å²) in [4.78, 5) is 4.25. The number of aliphatic imine (C=N–C) groups is 1. The smallest absolute Gasteiger partial charge is 0.143 e. The summed E-state index contributed by atoms with van der Waals surface area (Å²) in [5.41, 5.74) is 1.16. The molecule has 2 aromatic rings. The van der Waals surface area contributed by atoms with Crippen molar-refractivity contribution in [2.24, 2.45) is 4.99 Å². The van der Waals surface area contributed by atoms with Crippen LogP contribution in [0, 0.1) is 0 Å². The van der Waals surface area contributed by atoms with Crippen LogP contribution in [0.5, 0.6) is 11.5 Å². The van der Waals surface area contributed by atoms with Gasteiger partial charge in [-0.25, -0.2) is 0 Å². The van der Waals surface area contributed by atoms with E-state index in [4.69, 9.17) is 27.9 Å². The molecule has 0 fully saturated rings. The molecule has 0 bridgehead atoms. The SMILES string of the molecule is COc1cccc(N=Cc2cc(Cl)cc(Cl)c2O)c1. The molecule has 0 aliphatic carbocycles. The van der Waals surface area contributed by atoms with Crippen molar-refractivity contribution in [2.75, 3.05) is 7.11 Å². The van der Waals surface area contributed by atoms with Gasteiger partial charge < -0.3 is 9.84 Å². The summed E-state index contributed by atoms with van der Waals surface area (Å²) in [5.74, 6) is 0.667. The monoisotopic (exact) mass is 295 g/mol. The summed E-state index contributed by atoms with van der Waals surface area (Å²) < 4.78 is 5.10. The summed E-state index contributed by atoms with van der Waals surface area (Å²) in [6.45, 7) is 0. The van der Waals surface area contributed by atoms with Crippen molar-refractivity contribution in [1.82, 2.24) is 0 Å². The number of hydrogen-bond donors (Lipinski definition) is 1. The normalized spacial score (nSPS) is 10.9. The van der Waals surface area contributed by atoms with E-state index >= 15 is 0 Å². The summed E-state index contributed by atoms with van der Waals surface area (Å²) in [6, 6.07) is 10.3. The van der Waals surface area contributed by atoms with Gasteiger partial charge in [0.1, 0.15) is 11.5 Å². The standard InChI is InChI=1S/C14H11Cl2NO2/c1-19-12-4-2-3-11(7-12)17-8-9-5-10(15)6-13(16)14(9)18/h2-8,18H,1H3. The van der Waals surface area contributed by atoms with Crippen molar-refractivity contribution in [3.8, 4) is 11.5 Å². The zero-order chi connectivity index (χ0) is 13.8. The molecule has 1 N–H and O–H groups in total. The molecule has 0 saturated heterocycles. The first-order valence-electron chi connectivity index (χ1n) is 5.46. The van der Waals surface area contributed by atoms with Crippen molar-refractivity contribution < 1.29 is 9.84 Å². The maximum absolute atomic E-state index is 9.79. The summed E-state index contributed by atoms with van der Waals surface area (Å²) in [6.07, 6.45) is 1.50. The Labute approximate surface area is 121 Å². The van der Waals surface area contributed by atoms with Crippen LogP contribution in [0.1, 0.15) is 5.56 Å². The minimum absolute atomic E-state index is 0.0438. The van der Waals surface area contributed by atoms with Gasteiger partial charge in [-0.05, 0) is 24.3 Å². The molecule has 2 rings (SSSR count). The van der Waals surface area contributed by atoms with Crippen LogP contribution in [-0.4, -0.2) is 18.4 Å². The van der Waals surface area contributed by atoms with Crippen LogP contribution >= 0.6 is 23.2 Å². The average molecular weight is 296 g/mol. The molecule has 0 unspecified atom stereocenters. The number of hydrogen-bond acceptors (Lipinski definition) is 3. The van der Waals surface area contributed by atoms with E-state index in [1.54, 1.807) is 19.2 Å². The number of methoxy groups -OCH3 is 1. The molecule has 0 aliphatic heterocycles. The van der Waals surface area contributed by atoms with Gasteiger partial charge in [0.25, 0.3) is 0 Å². The van der Waals surface area contributed by atoms with E-state index in [0.717, 1.165) is 0 Å².